The number of hydrogen-bond acceptors (Lipinski definition) is 6. The van der Waals surface area contributed by atoms with E-state index in [1.165, 1.54) is 18.4 Å². The van der Waals surface area contributed by atoms with Crippen molar-refractivity contribution < 1.29 is 22.5 Å². The third kappa shape index (κ3) is 4.18. The summed E-state index contributed by atoms with van der Waals surface area (Å²) >= 11 is 0. The van der Waals surface area contributed by atoms with Gasteiger partial charge in [0.1, 0.15) is 12.0 Å². The molecule has 0 atom stereocenters. The standard InChI is InChI=1S/C13H12N2O5S/c1-10-4-6-12(7-5-10)21(17,18)15-13(16)20-14-9-11-3-2-8-19-11/h2-9H,1H3,(H,15,16). The van der Waals surface area contributed by atoms with Crippen LogP contribution in [0.5, 0.6) is 0 Å². The summed E-state index contributed by atoms with van der Waals surface area (Å²) in [5.41, 5.74) is 0.902. The Balaban J connectivity index is 1.96. The monoisotopic (exact) mass is 308 g/mol. The average Bonchev–Trinajstić information content (AvgIpc) is 2.92. The molecule has 0 aliphatic rings. The highest BCUT2D eigenvalue weighted by Crippen LogP contribution is 2.09. The molecule has 0 aliphatic heterocycles. The maximum absolute atomic E-state index is 11.9. The van der Waals surface area contributed by atoms with Crippen LogP contribution in [0.4, 0.5) is 4.79 Å². The molecule has 0 unspecified atom stereocenters. The van der Waals surface area contributed by atoms with Crippen LogP contribution in [0.1, 0.15) is 11.3 Å². The molecule has 8 heteroatoms. The summed E-state index contributed by atoms with van der Waals surface area (Å²) in [5.74, 6) is 0.365. The van der Waals surface area contributed by atoms with Crippen LogP contribution in [0.15, 0.2) is 57.1 Å². The number of carbonyl (C=O) groups is 1. The topological polar surface area (TPSA) is 98.0 Å². The number of hydrogen-bond donors (Lipinski definition) is 1. The number of furan rings is 1. The van der Waals surface area contributed by atoms with E-state index in [-0.39, 0.29) is 4.90 Å². The lowest BCUT2D eigenvalue weighted by atomic mass is 10.2. The predicted molar refractivity (Wildman–Crippen MR) is 74.3 cm³/mol. The molecule has 0 fully saturated rings. The number of nitrogens with zero attached hydrogens (tertiary/aromatic N) is 1. The largest absolute Gasteiger partial charge is 0.463 e. The van der Waals surface area contributed by atoms with Crippen molar-refractivity contribution in [2.75, 3.05) is 0 Å². The molecule has 1 heterocycles. The Bertz CT molecular complexity index is 733. The Morgan fingerprint density at radius 3 is 2.62 bits per heavy atom. The smallest absolute Gasteiger partial charge is 0.447 e. The van der Waals surface area contributed by atoms with Gasteiger partial charge in [-0.05, 0) is 31.2 Å². The number of nitrogens with one attached hydrogen (secondary N) is 1. The minimum atomic E-state index is -3.98. The second kappa shape index (κ2) is 6.23. The van der Waals surface area contributed by atoms with Crippen LogP contribution in [0.3, 0.4) is 0 Å². The molecule has 1 aromatic heterocycles. The van der Waals surface area contributed by atoms with E-state index in [4.69, 9.17) is 4.42 Å². The van der Waals surface area contributed by atoms with E-state index in [0.29, 0.717) is 5.76 Å². The maximum atomic E-state index is 11.9. The lowest BCUT2D eigenvalue weighted by molar-refractivity contribution is 0.158. The third-order valence-corrected chi connectivity index (χ3v) is 3.74. The summed E-state index contributed by atoms with van der Waals surface area (Å²) in [5, 5.41) is 3.31. The molecule has 0 aliphatic carbocycles. The van der Waals surface area contributed by atoms with Gasteiger partial charge in [-0.1, -0.05) is 22.9 Å². The van der Waals surface area contributed by atoms with E-state index in [1.807, 2.05) is 6.92 Å². The summed E-state index contributed by atoms with van der Waals surface area (Å²) in [4.78, 5) is 15.7. The van der Waals surface area contributed by atoms with Crippen LogP contribution in [-0.2, 0) is 14.9 Å². The van der Waals surface area contributed by atoms with Gasteiger partial charge in [-0.3, -0.25) is 4.84 Å². The van der Waals surface area contributed by atoms with Gasteiger partial charge in [-0.25, -0.2) is 17.9 Å². The second-order valence-electron chi connectivity index (χ2n) is 4.05. The van der Waals surface area contributed by atoms with Gasteiger partial charge in [0.2, 0.25) is 0 Å². The van der Waals surface area contributed by atoms with E-state index in [9.17, 15) is 13.2 Å². The predicted octanol–water partition coefficient (Wildman–Crippen LogP) is 2.04. The van der Waals surface area contributed by atoms with Crippen molar-refractivity contribution in [1.82, 2.24) is 4.72 Å². The second-order valence-corrected chi connectivity index (χ2v) is 5.73. The first kappa shape index (κ1) is 14.8. The van der Waals surface area contributed by atoms with Gasteiger partial charge in [0, 0.05) is 0 Å². The van der Waals surface area contributed by atoms with Crippen LogP contribution >= 0.6 is 0 Å². The Morgan fingerprint density at radius 2 is 2.00 bits per heavy atom. The summed E-state index contributed by atoms with van der Waals surface area (Å²) in [7, 11) is -3.98. The maximum Gasteiger partial charge on any atom is 0.447 e. The molecule has 0 spiro atoms. The number of benzene rings is 1. The molecule has 110 valence electrons. The molecule has 0 bridgehead atoms. The quantitative estimate of drug-likeness (QED) is 0.529. The van der Waals surface area contributed by atoms with E-state index in [0.717, 1.165) is 11.8 Å². The van der Waals surface area contributed by atoms with Crippen LogP contribution in [0.25, 0.3) is 0 Å². The fraction of sp³-hybridized carbons (Fsp3) is 0.0769. The number of sulfonamides is 1. The highest BCUT2D eigenvalue weighted by molar-refractivity contribution is 7.90. The van der Waals surface area contributed by atoms with Crippen molar-refractivity contribution in [1.29, 1.82) is 0 Å². The zero-order valence-corrected chi connectivity index (χ0v) is 11.8. The first-order valence-corrected chi connectivity index (χ1v) is 7.33. The van der Waals surface area contributed by atoms with E-state index >= 15 is 0 Å². The summed E-state index contributed by atoms with van der Waals surface area (Å²) in [6, 6.07) is 9.23. The average molecular weight is 308 g/mol. The SMILES string of the molecule is Cc1ccc(S(=O)(=O)NC(=O)ON=Cc2ccco2)cc1. The third-order valence-electron chi connectivity index (χ3n) is 2.41. The van der Waals surface area contributed by atoms with Crippen molar-refractivity contribution in [3.63, 3.8) is 0 Å². The molecule has 7 nitrogen and oxygen atoms in total. The van der Waals surface area contributed by atoms with Gasteiger partial charge in [0.05, 0.1) is 11.2 Å². The van der Waals surface area contributed by atoms with Gasteiger partial charge in [0.25, 0.3) is 10.0 Å². The molecule has 2 rings (SSSR count). The summed E-state index contributed by atoms with van der Waals surface area (Å²) < 4.78 is 30.4. The molecule has 0 saturated carbocycles. The zero-order valence-electron chi connectivity index (χ0n) is 11.0. The summed E-state index contributed by atoms with van der Waals surface area (Å²) in [6.45, 7) is 1.82. The number of rotatable bonds is 4. The normalized spacial score (nSPS) is 11.5. The highest BCUT2D eigenvalue weighted by atomic mass is 32.2. The molecule has 2 aromatic rings. The van der Waals surface area contributed by atoms with Crippen LogP contribution in [-0.4, -0.2) is 20.7 Å². The first-order chi connectivity index (χ1) is 9.97. The Morgan fingerprint density at radius 1 is 1.29 bits per heavy atom. The zero-order chi connectivity index (χ0) is 15.3. The Kier molecular flexibility index (Phi) is 4.39. The van der Waals surface area contributed by atoms with Crippen LogP contribution < -0.4 is 4.72 Å². The molecular weight excluding hydrogens is 296 g/mol. The van der Waals surface area contributed by atoms with Crippen molar-refractivity contribution >= 4 is 22.3 Å². The van der Waals surface area contributed by atoms with Gasteiger partial charge < -0.3 is 4.42 Å². The van der Waals surface area contributed by atoms with Crippen LogP contribution in [0, 0.1) is 6.92 Å². The van der Waals surface area contributed by atoms with Crippen molar-refractivity contribution in [3.05, 3.63) is 54.0 Å². The number of amides is 1. The lowest BCUT2D eigenvalue weighted by Crippen LogP contribution is -2.30. The molecule has 0 saturated heterocycles. The minimum Gasteiger partial charge on any atom is -0.463 e. The van der Waals surface area contributed by atoms with Gasteiger partial charge >= 0.3 is 6.09 Å². The Hall–Kier alpha value is -2.61. The molecular formula is C13H12N2O5S. The van der Waals surface area contributed by atoms with Crippen molar-refractivity contribution in [2.45, 2.75) is 11.8 Å². The molecule has 21 heavy (non-hydrogen) atoms. The van der Waals surface area contributed by atoms with Crippen molar-refractivity contribution in [2.24, 2.45) is 5.16 Å². The fourth-order valence-electron chi connectivity index (χ4n) is 1.40. The van der Waals surface area contributed by atoms with E-state index in [2.05, 4.69) is 9.99 Å². The van der Waals surface area contributed by atoms with Gasteiger partial charge in [0.15, 0.2) is 0 Å². The number of aryl methyl sites for hydroxylation is 1. The fourth-order valence-corrected chi connectivity index (χ4v) is 2.26. The lowest BCUT2D eigenvalue weighted by Gasteiger charge is -2.04. The number of carbonyl (C=O) groups excluding carboxylic acids is 1. The van der Waals surface area contributed by atoms with Crippen LogP contribution in [0.2, 0.25) is 0 Å². The van der Waals surface area contributed by atoms with E-state index in [1.54, 1.807) is 29.0 Å². The molecule has 1 N–H and O–H groups in total. The minimum absolute atomic E-state index is 0.0416. The number of oxime groups is 1. The molecule has 1 amide bonds. The van der Waals surface area contributed by atoms with E-state index < -0.39 is 16.1 Å². The van der Waals surface area contributed by atoms with Gasteiger partial charge in [-0.2, -0.15) is 0 Å². The summed E-state index contributed by atoms with van der Waals surface area (Å²) in [6.07, 6.45) is 1.35. The van der Waals surface area contributed by atoms with Gasteiger partial charge in [-0.15, -0.1) is 0 Å². The molecule has 1 aromatic carbocycles. The first-order valence-electron chi connectivity index (χ1n) is 5.85. The highest BCUT2D eigenvalue weighted by Gasteiger charge is 2.18. The van der Waals surface area contributed by atoms with Crippen molar-refractivity contribution in [3.8, 4) is 0 Å². The molecule has 0 radical (unpaired) electrons. The Labute approximate surface area is 121 Å².